The second-order valence-electron chi connectivity index (χ2n) is 12.0. The van der Waals surface area contributed by atoms with Crippen LogP contribution in [0.5, 0.6) is 0 Å². The highest BCUT2D eigenvalue weighted by Crippen LogP contribution is 2.43. The number of piperidine rings is 1. The van der Waals surface area contributed by atoms with Gasteiger partial charge in [0, 0.05) is 60.3 Å². The first-order valence-electron chi connectivity index (χ1n) is 14.5. The lowest BCUT2D eigenvalue weighted by Crippen LogP contribution is -2.42. The number of hydrogen-bond acceptors (Lipinski definition) is 5. The Balaban J connectivity index is 1.41. The summed E-state index contributed by atoms with van der Waals surface area (Å²) in [6, 6.07) is 16.5. The maximum Gasteiger partial charge on any atom is 0.410 e. The van der Waals surface area contributed by atoms with Gasteiger partial charge in [0.15, 0.2) is 5.65 Å². The summed E-state index contributed by atoms with van der Waals surface area (Å²) >= 11 is 0. The molecule has 0 N–H and O–H groups in total. The van der Waals surface area contributed by atoms with Crippen molar-refractivity contribution in [1.29, 1.82) is 0 Å². The minimum atomic E-state index is -0.528. The van der Waals surface area contributed by atoms with Crippen molar-refractivity contribution < 1.29 is 18.3 Å². The topological polar surface area (TPSA) is 73.1 Å². The fraction of sp³-hybridized carbons (Fsp3) is 0.294. The molecular formula is C34H33F2N5O2. The average Bonchev–Trinajstić information content (AvgIpc) is 3.39. The van der Waals surface area contributed by atoms with Gasteiger partial charge in [0.2, 0.25) is 0 Å². The van der Waals surface area contributed by atoms with Crippen LogP contribution in [0.15, 0.2) is 79.3 Å². The number of pyridine rings is 2. The van der Waals surface area contributed by atoms with Crippen LogP contribution in [0.1, 0.15) is 33.6 Å². The zero-order valence-electron chi connectivity index (χ0n) is 24.4. The number of hydrogen-bond donors (Lipinski definition) is 0. The average molecular weight is 582 g/mol. The van der Waals surface area contributed by atoms with Crippen molar-refractivity contribution in [3.63, 3.8) is 0 Å². The van der Waals surface area contributed by atoms with Gasteiger partial charge in [-0.1, -0.05) is 12.1 Å². The Morgan fingerprint density at radius 1 is 0.860 bits per heavy atom. The standard InChI is InChI=1S/C34H33F2N5O2/c1-34(2,3)43-33(42)40-18-14-22(15-19-40)20-41-21-28-29(23-4-8-26(35)9-5-23)30(24-12-16-37-17-13-24)31(38-32(28)39-41)25-6-10-27(36)11-7-25/h4-13,16-17,21-22H,14-15,18-20H2,1-3H3. The second-order valence-corrected chi connectivity index (χ2v) is 12.0. The van der Waals surface area contributed by atoms with Crippen molar-refractivity contribution in [1.82, 2.24) is 24.6 Å². The van der Waals surface area contributed by atoms with E-state index in [0.29, 0.717) is 36.9 Å². The van der Waals surface area contributed by atoms with Crippen LogP contribution in [0.4, 0.5) is 13.6 Å². The molecule has 0 unspecified atom stereocenters. The number of halogens is 2. The number of nitrogens with zero attached hydrogens (tertiary/aromatic N) is 5. The SMILES string of the molecule is CC(C)(C)OC(=O)N1CCC(Cn2cc3c(-c4ccc(F)cc4)c(-c4ccncc4)c(-c4ccc(F)cc4)nc3n2)CC1. The van der Waals surface area contributed by atoms with Gasteiger partial charge in [-0.2, -0.15) is 5.10 Å². The number of aromatic nitrogens is 4. The quantitative estimate of drug-likeness (QED) is 0.212. The van der Waals surface area contributed by atoms with Crippen LogP contribution < -0.4 is 0 Å². The van der Waals surface area contributed by atoms with Gasteiger partial charge in [-0.15, -0.1) is 0 Å². The van der Waals surface area contributed by atoms with Gasteiger partial charge >= 0.3 is 6.09 Å². The molecule has 1 aliphatic heterocycles. The van der Waals surface area contributed by atoms with E-state index in [1.807, 2.05) is 43.8 Å². The third kappa shape index (κ3) is 6.26. The first-order chi connectivity index (χ1) is 20.6. The second kappa shape index (κ2) is 11.6. The zero-order chi connectivity index (χ0) is 30.1. The first-order valence-corrected chi connectivity index (χ1v) is 14.5. The molecule has 1 aliphatic rings. The summed E-state index contributed by atoms with van der Waals surface area (Å²) in [7, 11) is 0. The predicted octanol–water partition coefficient (Wildman–Crippen LogP) is 7.75. The molecule has 4 heterocycles. The van der Waals surface area contributed by atoms with Crippen molar-refractivity contribution in [2.45, 2.75) is 45.8 Å². The number of amides is 1. The minimum absolute atomic E-state index is 0.277. The monoisotopic (exact) mass is 581 g/mol. The molecular weight excluding hydrogens is 548 g/mol. The maximum absolute atomic E-state index is 14.0. The van der Waals surface area contributed by atoms with Gasteiger partial charge in [-0.25, -0.2) is 18.6 Å². The minimum Gasteiger partial charge on any atom is -0.444 e. The molecule has 5 aromatic rings. The Kier molecular flexibility index (Phi) is 7.64. The number of ether oxygens (including phenoxy) is 1. The highest BCUT2D eigenvalue weighted by Gasteiger charge is 2.28. The molecule has 0 saturated carbocycles. The first kappa shape index (κ1) is 28.5. The molecule has 1 saturated heterocycles. The van der Waals surface area contributed by atoms with Crippen LogP contribution in [-0.2, 0) is 11.3 Å². The Labute approximate surface area is 249 Å². The van der Waals surface area contributed by atoms with Crippen molar-refractivity contribution in [2.75, 3.05) is 13.1 Å². The molecule has 43 heavy (non-hydrogen) atoms. The highest BCUT2D eigenvalue weighted by atomic mass is 19.1. The lowest BCUT2D eigenvalue weighted by atomic mass is 9.89. The van der Waals surface area contributed by atoms with Gasteiger partial charge in [0.1, 0.15) is 17.2 Å². The van der Waals surface area contributed by atoms with Gasteiger partial charge < -0.3 is 9.64 Å². The number of carbonyl (C=O) groups is 1. The summed E-state index contributed by atoms with van der Waals surface area (Å²) in [6.45, 7) is 7.53. The van der Waals surface area contributed by atoms with Crippen LogP contribution in [0, 0.1) is 17.6 Å². The Bertz CT molecular complexity index is 1740. The molecule has 1 fully saturated rings. The summed E-state index contributed by atoms with van der Waals surface area (Å²) in [4.78, 5) is 23.5. The zero-order valence-corrected chi connectivity index (χ0v) is 24.4. The number of carbonyl (C=O) groups excluding carboxylic acids is 1. The van der Waals surface area contributed by atoms with Crippen LogP contribution in [0.2, 0.25) is 0 Å². The number of fused-ring (bicyclic) bond motifs is 1. The van der Waals surface area contributed by atoms with E-state index in [1.54, 1.807) is 41.6 Å². The molecule has 0 bridgehead atoms. The van der Waals surface area contributed by atoms with Crippen LogP contribution >= 0.6 is 0 Å². The molecule has 1 amide bonds. The summed E-state index contributed by atoms with van der Waals surface area (Å²) in [5.74, 6) is -0.346. The van der Waals surface area contributed by atoms with Crippen molar-refractivity contribution in [2.24, 2.45) is 5.92 Å². The summed E-state index contributed by atoms with van der Waals surface area (Å²) in [5.41, 5.74) is 4.79. The number of rotatable bonds is 5. The van der Waals surface area contributed by atoms with Crippen molar-refractivity contribution in [3.05, 3.63) is 90.9 Å². The molecule has 0 spiro atoms. The molecule has 9 heteroatoms. The van der Waals surface area contributed by atoms with E-state index in [2.05, 4.69) is 4.98 Å². The third-order valence-electron chi connectivity index (χ3n) is 7.65. The van der Waals surface area contributed by atoms with Gasteiger partial charge in [0.25, 0.3) is 0 Å². The van der Waals surface area contributed by atoms with E-state index >= 15 is 0 Å². The summed E-state index contributed by atoms with van der Waals surface area (Å²) < 4.78 is 35.4. The fourth-order valence-corrected chi connectivity index (χ4v) is 5.60. The maximum atomic E-state index is 14.0. The largest absolute Gasteiger partial charge is 0.444 e. The molecule has 0 radical (unpaired) electrons. The number of benzene rings is 2. The van der Waals surface area contributed by atoms with Crippen LogP contribution in [0.3, 0.4) is 0 Å². The van der Waals surface area contributed by atoms with Gasteiger partial charge in [0.05, 0.1) is 5.69 Å². The molecule has 7 nitrogen and oxygen atoms in total. The highest BCUT2D eigenvalue weighted by molar-refractivity contribution is 6.05. The lowest BCUT2D eigenvalue weighted by molar-refractivity contribution is 0.0177. The van der Waals surface area contributed by atoms with E-state index < -0.39 is 5.60 Å². The summed E-state index contributed by atoms with van der Waals surface area (Å²) in [6.07, 6.45) is 6.82. The Morgan fingerprint density at radius 3 is 2.05 bits per heavy atom. The smallest absolute Gasteiger partial charge is 0.410 e. The molecule has 0 aliphatic carbocycles. The van der Waals surface area contributed by atoms with Gasteiger partial charge in [-0.05, 0) is 99.2 Å². The van der Waals surface area contributed by atoms with E-state index in [-0.39, 0.29) is 17.7 Å². The Morgan fingerprint density at radius 2 is 1.44 bits per heavy atom. The van der Waals surface area contributed by atoms with Crippen molar-refractivity contribution >= 4 is 17.1 Å². The van der Waals surface area contributed by atoms with E-state index in [9.17, 15) is 13.6 Å². The lowest BCUT2D eigenvalue weighted by Gasteiger charge is -2.33. The molecule has 3 aromatic heterocycles. The van der Waals surface area contributed by atoms with Gasteiger partial charge in [-0.3, -0.25) is 9.67 Å². The summed E-state index contributed by atoms with van der Waals surface area (Å²) in [5, 5.41) is 5.72. The number of likely N-dealkylation sites (tertiary alicyclic amines) is 1. The molecule has 2 aromatic carbocycles. The normalized spacial score (nSPS) is 14.3. The van der Waals surface area contributed by atoms with Crippen LogP contribution in [-0.4, -0.2) is 49.4 Å². The molecule has 6 rings (SSSR count). The predicted molar refractivity (Wildman–Crippen MR) is 162 cm³/mol. The Hall–Kier alpha value is -4.66. The molecule has 0 atom stereocenters. The van der Waals surface area contributed by atoms with E-state index in [4.69, 9.17) is 14.8 Å². The fourth-order valence-electron chi connectivity index (χ4n) is 5.60. The van der Waals surface area contributed by atoms with E-state index in [0.717, 1.165) is 46.0 Å². The molecule has 220 valence electrons. The third-order valence-corrected chi connectivity index (χ3v) is 7.65. The van der Waals surface area contributed by atoms with Crippen molar-refractivity contribution in [3.8, 4) is 33.5 Å². The van der Waals surface area contributed by atoms with E-state index in [1.165, 1.54) is 24.3 Å². The van der Waals surface area contributed by atoms with Crippen LogP contribution in [0.25, 0.3) is 44.5 Å².